The number of hydrogen-bond donors (Lipinski definition) is 2. The number of nitrogens with two attached hydrogens (primary N) is 1. The van der Waals surface area contributed by atoms with Gasteiger partial charge in [0.25, 0.3) is 0 Å². The standard InChI is InChI=1S/C5H8N4O2/c6-1-4(5(10)11)9-3-7-2-8-9/h2-4H,1,6H2,(H,10,11). The molecule has 0 spiro atoms. The van der Waals surface area contributed by atoms with Gasteiger partial charge < -0.3 is 10.8 Å². The Morgan fingerprint density at radius 2 is 2.55 bits per heavy atom. The van der Waals surface area contributed by atoms with E-state index in [1.807, 2.05) is 0 Å². The van der Waals surface area contributed by atoms with Crippen molar-refractivity contribution in [3.05, 3.63) is 12.7 Å². The molecule has 1 unspecified atom stereocenters. The van der Waals surface area contributed by atoms with Gasteiger partial charge >= 0.3 is 5.97 Å². The largest absolute Gasteiger partial charge is 0.480 e. The SMILES string of the molecule is NCC(C(=O)O)n1cncn1. The van der Waals surface area contributed by atoms with Crippen molar-refractivity contribution < 1.29 is 9.90 Å². The van der Waals surface area contributed by atoms with Crippen LogP contribution in [0.15, 0.2) is 12.7 Å². The van der Waals surface area contributed by atoms with E-state index in [4.69, 9.17) is 10.8 Å². The molecule has 6 heteroatoms. The lowest BCUT2D eigenvalue weighted by Crippen LogP contribution is -2.27. The third-order valence-corrected chi connectivity index (χ3v) is 1.26. The number of nitrogens with zero attached hydrogens (tertiary/aromatic N) is 3. The van der Waals surface area contributed by atoms with Crippen LogP contribution in [0.25, 0.3) is 0 Å². The molecule has 1 aromatic rings. The van der Waals surface area contributed by atoms with Gasteiger partial charge in [0.2, 0.25) is 0 Å². The van der Waals surface area contributed by atoms with Crippen molar-refractivity contribution in [1.82, 2.24) is 14.8 Å². The molecule has 11 heavy (non-hydrogen) atoms. The van der Waals surface area contributed by atoms with Crippen LogP contribution in [0.4, 0.5) is 0 Å². The second-order valence-corrected chi connectivity index (χ2v) is 1.97. The summed E-state index contributed by atoms with van der Waals surface area (Å²) in [6.45, 7) is 0.0126. The van der Waals surface area contributed by atoms with Gasteiger partial charge in [0, 0.05) is 6.54 Å². The van der Waals surface area contributed by atoms with Crippen LogP contribution in [0.1, 0.15) is 6.04 Å². The van der Waals surface area contributed by atoms with Crippen molar-refractivity contribution in [1.29, 1.82) is 0 Å². The second kappa shape index (κ2) is 3.11. The Kier molecular flexibility index (Phi) is 2.17. The Labute approximate surface area is 62.6 Å². The zero-order chi connectivity index (χ0) is 8.27. The van der Waals surface area contributed by atoms with Gasteiger partial charge in [0.15, 0.2) is 6.04 Å². The summed E-state index contributed by atoms with van der Waals surface area (Å²) < 4.78 is 1.21. The van der Waals surface area contributed by atoms with E-state index >= 15 is 0 Å². The maximum atomic E-state index is 10.5. The highest BCUT2D eigenvalue weighted by molar-refractivity contribution is 5.71. The molecule has 60 valence electrons. The third-order valence-electron chi connectivity index (χ3n) is 1.26. The average Bonchev–Trinajstić information content (AvgIpc) is 2.40. The monoisotopic (exact) mass is 156 g/mol. The lowest BCUT2D eigenvalue weighted by Gasteiger charge is -2.07. The summed E-state index contributed by atoms with van der Waals surface area (Å²) in [5, 5.41) is 12.2. The molecule has 6 nitrogen and oxygen atoms in total. The van der Waals surface area contributed by atoms with E-state index in [2.05, 4.69) is 10.1 Å². The van der Waals surface area contributed by atoms with Gasteiger partial charge in [-0.2, -0.15) is 5.10 Å². The Morgan fingerprint density at radius 1 is 1.82 bits per heavy atom. The number of hydrogen-bond acceptors (Lipinski definition) is 4. The van der Waals surface area contributed by atoms with Crippen LogP contribution in [0.5, 0.6) is 0 Å². The summed E-state index contributed by atoms with van der Waals surface area (Å²) in [5.41, 5.74) is 5.20. The summed E-state index contributed by atoms with van der Waals surface area (Å²) in [7, 11) is 0. The Morgan fingerprint density at radius 3 is 2.91 bits per heavy atom. The summed E-state index contributed by atoms with van der Waals surface area (Å²) in [6, 6.07) is -0.808. The fourth-order valence-corrected chi connectivity index (χ4v) is 0.700. The maximum Gasteiger partial charge on any atom is 0.329 e. The molecule has 0 radical (unpaired) electrons. The highest BCUT2D eigenvalue weighted by Crippen LogP contribution is 1.99. The lowest BCUT2D eigenvalue weighted by atomic mass is 10.3. The molecule has 0 bridgehead atoms. The smallest absolute Gasteiger partial charge is 0.329 e. The molecular formula is C5H8N4O2. The average molecular weight is 156 g/mol. The summed E-state index contributed by atoms with van der Waals surface area (Å²) >= 11 is 0. The quantitative estimate of drug-likeness (QED) is 0.577. The Bertz CT molecular complexity index is 233. The summed E-state index contributed by atoms with van der Waals surface area (Å²) in [6.07, 6.45) is 2.59. The highest BCUT2D eigenvalue weighted by Gasteiger charge is 2.17. The van der Waals surface area contributed by atoms with E-state index in [-0.39, 0.29) is 6.54 Å². The Balaban J connectivity index is 2.79. The molecule has 1 atom stereocenters. The number of rotatable bonds is 3. The number of carboxylic acid groups (broad SMARTS) is 1. The zero-order valence-electron chi connectivity index (χ0n) is 5.71. The highest BCUT2D eigenvalue weighted by atomic mass is 16.4. The van der Waals surface area contributed by atoms with Crippen LogP contribution in [-0.2, 0) is 4.79 Å². The molecule has 0 fully saturated rings. The van der Waals surface area contributed by atoms with Crippen LogP contribution >= 0.6 is 0 Å². The summed E-state index contributed by atoms with van der Waals surface area (Å²) in [4.78, 5) is 14.1. The second-order valence-electron chi connectivity index (χ2n) is 1.97. The maximum absolute atomic E-state index is 10.5. The van der Waals surface area contributed by atoms with E-state index in [0.717, 1.165) is 0 Å². The molecule has 0 aliphatic rings. The van der Waals surface area contributed by atoms with E-state index in [1.165, 1.54) is 17.3 Å². The molecule has 1 rings (SSSR count). The van der Waals surface area contributed by atoms with Crippen molar-refractivity contribution in [3.63, 3.8) is 0 Å². The first kappa shape index (κ1) is 7.67. The van der Waals surface area contributed by atoms with Gasteiger partial charge in [-0.05, 0) is 0 Å². The molecule has 1 aromatic heterocycles. The predicted molar refractivity (Wildman–Crippen MR) is 35.7 cm³/mol. The molecule has 0 aliphatic carbocycles. The molecule has 1 heterocycles. The van der Waals surface area contributed by atoms with Crippen LogP contribution in [0.2, 0.25) is 0 Å². The first-order valence-electron chi connectivity index (χ1n) is 3.02. The lowest BCUT2D eigenvalue weighted by molar-refractivity contribution is -0.140. The predicted octanol–water partition coefficient (Wildman–Crippen LogP) is -1.14. The normalized spacial score (nSPS) is 12.8. The van der Waals surface area contributed by atoms with Crippen LogP contribution in [0, 0.1) is 0 Å². The molecule has 0 amide bonds. The zero-order valence-corrected chi connectivity index (χ0v) is 5.71. The molecule has 0 aromatic carbocycles. The number of carboxylic acids is 1. The van der Waals surface area contributed by atoms with E-state index < -0.39 is 12.0 Å². The van der Waals surface area contributed by atoms with Crippen LogP contribution in [0.3, 0.4) is 0 Å². The first-order valence-corrected chi connectivity index (χ1v) is 3.02. The number of aromatic nitrogens is 3. The minimum atomic E-state index is -1.00. The molecule has 0 saturated carbocycles. The molecule has 0 aliphatic heterocycles. The molecular weight excluding hydrogens is 148 g/mol. The van der Waals surface area contributed by atoms with Gasteiger partial charge in [0.1, 0.15) is 12.7 Å². The van der Waals surface area contributed by atoms with Gasteiger partial charge in [0.05, 0.1) is 0 Å². The minimum Gasteiger partial charge on any atom is -0.480 e. The van der Waals surface area contributed by atoms with Crippen molar-refractivity contribution in [2.24, 2.45) is 5.73 Å². The van der Waals surface area contributed by atoms with Crippen molar-refractivity contribution in [3.8, 4) is 0 Å². The van der Waals surface area contributed by atoms with E-state index in [0.29, 0.717) is 0 Å². The first-order chi connectivity index (χ1) is 5.25. The van der Waals surface area contributed by atoms with Gasteiger partial charge in [-0.1, -0.05) is 0 Å². The number of aliphatic carboxylic acids is 1. The van der Waals surface area contributed by atoms with Gasteiger partial charge in [-0.25, -0.2) is 14.5 Å². The van der Waals surface area contributed by atoms with Crippen LogP contribution in [-0.4, -0.2) is 32.4 Å². The Hall–Kier alpha value is -1.43. The topological polar surface area (TPSA) is 94.0 Å². The van der Waals surface area contributed by atoms with E-state index in [1.54, 1.807) is 0 Å². The van der Waals surface area contributed by atoms with Crippen molar-refractivity contribution in [2.45, 2.75) is 6.04 Å². The van der Waals surface area contributed by atoms with Crippen LogP contribution < -0.4 is 5.73 Å². The van der Waals surface area contributed by atoms with E-state index in [9.17, 15) is 4.79 Å². The fraction of sp³-hybridized carbons (Fsp3) is 0.400. The molecule has 3 N–H and O–H groups in total. The van der Waals surface area contributed by atoms with Crippen molar-refractivity contribution in [2.75, 3.05) is 6.54 Å². The third kappa shape index (κ3) is 1.53. The van der Waals surface area contributed by atoms with Gasteiger partial charge in [-0.15, -0.1) is 0 Å². The summed E-state index contributed by atoms with van der Waals surface area (Å²) in [5.74, 6) is -1.00. The number of carbonyl (C=O) groups is 1. The van der Waals surface area contributed by atoms with Gasteiger partial charge in [-0.3, -0.25) is 0 Å². The molecule has 0 saturated heterocycles. The van der Waals surface area contributed by atoms with Crippen molar-refractivity contribution >= 4 is 5.97 Å². The minimum absolute atomic E-state index is 0.0126. The fourth-order valence-electron chi connectivity index (χ4n) is 0.700.